The maximum atomic E-state index is 13.0. The number of hydrogen-bond donors (Lipinski definition) is 1. The van der Waals surface area contributed by atoms with Crippen molar-refractivity contribution in [3.63, 3.8) is 0 Å². The summed E-state index contributed by atoms with van der Waals surface area (Å²) in [6, 6.07) is 4.50. The monoisotopic (exact) mass is 311 g/mol. The van der Waals surface area contributed by atoms with Crippen LogP contribution in [0.3, 0.4) is 0 Å². The summed E-state index contributed by atoms with van der Waals surface area (Å²) in [6.45, 7) is 0. The number of nitrogens with two attached hydrogens (primary N) is 1. The average molecular weight is 312 g/mol. The highest BCUT2D eigenvalue weighted by molar-refractivity contribution is 9.10. The van der Waals surface area contributed by atoms with Gasteiger partial charge in [0.2, 0.25) is 0 Å². The Labute approximate surface area is 114 Å². The molecule has 1 atom stereocenters. The third kappa shape index (κ3) is 3.17. The van der Waals surface area contributed by atoms with E-state index in [1.54, 1.807) is 10.7 Å². The summed E-state index contributed by atoms with van der Waals surface area (Å²) in [5.41, 5.74) is 8.21. The minimum Gasteiger partial charge on any atom is -0.324 e. The average Bonchev–Trinajstić information content (AvgIpc) is 2.72. The molecule has 3 nitrogen and oxygen atoms in total. The van der Waals surface area contributed by atoms with Crippen molar-refractivity contribution in [2.45, 2.75) is 18.9 Å². The van der Waals surface area contributed by atoms with E-state index in [0.717, 1.165) is 28.4 Å². The summed E-state index contributed by atoms with van der Waals surface area (Å²) in [7, 11) is 1.89. The number of rotatable bonds is 4. The first-order valence-corrected chi connectivity index (χ1v) is 6.53. The van der Waals surface area contributed by atoms with Crippen molar-refractivity contribution in [1.82, 2.24) is 9.78 Å². The van der Waals surface area contributed by atoms with E-state index in [1.807, 2.05) is 19.4 Å². The van der Waals surface area contributed by atoms with Gasteiger partial charge < -0.3 is 5.73 Å². The van der Waals surface area contributed by atoms with Gasteiger partial charge in [-0.2, -0.15) is 5.10 Å². The summed E-state index contributed by atoms with van der Waals surface area (Å²) in [5, 5.41) is 4.11. The van der Waals surface area contributed by atoms with Crippen molar-refractivity contribution in [1.29, 1.82) is 0 Å². The molecule has 2 rings (SSSR count). The largest absolute Gasteiger partial charge is 0.324 e. The van der Waals surface area contributed by atoms with Crippen molar-refractivity contribution in [3.05, 3.63) is 52.0 Å². The molecule has 1 heterocycles. The van der Waals surface area contributed by atoms with Crippen LogP contribution in [-0.2, 0) is 13.5 Å². The summed E-state index contributed by atoms with van der Waals surface area (Å²) >= 11 is 3.34. The SMILES string of the molecule is Cn1cc(CCC(N)c2ccc(F)cc2Br)cn1. The molecule has 2 N–H and O–H groups in total. The molecule has 1 aromatic carbocycles. The van der Waals surface area contributed by atoms with E-state index in [1.165, 1.54) is 12.1 Å². The van der Waals surface area contributed by atoms with Crippen LogP contribution in [0.5, 0.6) is 0 Å². The second-order valence-electron chi connectivity index (χ2n) is 4.33. The highest BCUT2D eigenvalue weighted by Crippen LogP contribution is 2.25. The quantitative estimate of drug-likeness (QED) is 0.943. The van der Waals surface area contributed by atoms with Gasteiger partial charge in [0, 0.05) is 23.8 Å². The predicted octanol–water partition coefficient (Wildman–Crippen LogP) is 2.95. The van der Waals surface area contributed by atoms with E-state index < -0.39 is 0 Å². The lowest BCUT2D eigenvalue weighted by Gasteiger charge is -2.13. The first-order chi connectivity index (χ1) is 8.56. The summed E-state index contributed by atoms with van der Waals surface area (Å²) in [6.07, 6.45) is 5.48. The van der Waals surface area contributed by atoms with E-state index in [0.29, 0.717) is 0 Å². The van der Waals surface area contributed by atoms with Crippen molar-refractivity contribution in [3.8, 4) is 0 Å². The van der Waals surface area contributed by atoms with Gasteiger partial charge in [0.05, 0.1) is 6.20 Å². The Bertz CT molecular complexity index is 539. The van der Waals surface area contributed by atoms with Gasteiger partial charge >= 0.3 is 0 Å². The standard InChI is InChI=1S/C13H15BrFN3/c1-18-8-9(7-17-18)2-5-13(16)11-4-3-10(15)6-12(11)14/h3-4,6-8,13H,2,5,16H2,1H3. The highest BCUT2D eigenvalue weighted by atomic mass is 79.9. The maximum absolute atomic E-state index is 13.0. The lowest BCUT2D eigenvalue weighted by atomic mass is 10.0. The minimum atomic E-state index is -0.259. The van der Waals surface area contributed by atoms with Gasteiger partial charge in [-0.15, -0.1) is 0 Å². The van der Waals surface area contributed by atoms with Gasteiger partial charge in [-0.1, -0.05) is 22.0 Å². The summed E-state index contributed by atoms with van der Waals surface area (Å²) in [5.74, 6) is -0.259. The molecule has 18 heavy (non-hydrogen) atoms. The van der Waals surface area contributed by atoms with Gasteiger partial charge in [0.25, 0.3) is 0 Å². The van der Waals surface area contributed by atoms with Gasteiger partial charge in [-0.05, 0) is 36.1 Å². The molecule has 0 aliphatic rings. The molecule has 2 aromatic rings. The zero-order chi connectivity index (χ0) is 13.1. The van der Waals surface area contributed by atoms with E-state index in [4.69, 9.17) is 5.73 Å². The first kappa shape index (κ1) is 13.2. The molecule has 0 fully saturated rings. The zero-order valence-electron chi connectivity index (χ0n) is 10.1. The Balaban J connectivity index is 2.01. The fraction of sp³-hybridized carbons (Fsp3) is 0.308. The Morgan fingerprint density at radius 2 is 2.28 bits per heavy atom. The molecule has 96 valence electrons. The molecule has 0 saturated carbocycles. The number of aryl methyl sites for hydroxylation is 2. The number of aromatic nitrogens is 2. The van der Waals surface area contributed by atoms with Crippen molar-refractivity contribution in [2.24, 2.45) is 12.8 Å². The Morgan fingerprint density at radius 3 is 2.89 bits per heavy atom. The molecular weight excluding hydrogens is 297 g/mol. The van der Waals surface area contributed by atoms with Crippen LogP contribution in [0.15, 0.2) is 35.1 Å². The minimum absolute atomic E-state index is 0.111. The number of nitrogens with zero attached hydrogens (tertiary/aromatic N) is 2. The normalized spacial score (nSPS) is 12.7. The van der Waals surface area contributed by atoms with E-state index in [2.05, 4.69) is 21.0 Å². The lowest BCUT2D eigenvalue weighted by molar-refractivity contribution is 0.616. The number of benzene rings is 1. The Morgan fingerprint density at radius 1 is 1.50 bits per heavy atom. The highest BCUT2D eigenvalue weighted by Gasteiger charge is 2.11. The smallest absolute Gasteiger partial charge is 0.124 e. The summed E-state index contributed by atoms with van der Waals surface area (Å²) < 4.78 is 15.5. The third-order valence-corrected chi connectivity index (χ3v) is 3.55. The number of halogens is 2. The van der Waals surface area contributed by atoms with Crippen molar-refractivity contribution < 1.29 is 4.39 Å². The molecule has 0 radical (unpaired) electrons. The molecule has 1 aromatic heterocycles. The second-order valence-corrected chi connectivity index (χ2v) is 5.19. The fourth-order valence-corrected chi connectivity index (χ4v) is 2.53. The second kappa shape index (κ2) is 5.63. The molecule has 0 aliphatic carbocycles. The molecule has 5 heteroatoms. The van der Waals surface area contributed by atoms with Crippen LogP contribution in [0.1, 0.15) is 23.6 Å². The van der Waals surface area contributed by atoms with E-state index >= 15 is 0 Å². The molecule has 0 amide bonds. The van der Waals surface area contributed by atoms with Gasteiger partial charge in [-0.3, -0.25) is 4.68 Å². The van der Waals surface area contributed by atoms with Crippen LogP contribution in [0, 0.1) is 5.82 Å². The van der Waals surface area contributed by atoms with Crippen LogP contribution in [0.2, 0.25) is 0 Å². The van der Waals surface area contributed by atoms with Crippen LogP contribution in [0.25, 0.3) is 0 Å². The molecule has 0 aliphatic heterocycles. The van der Waals surface area contributed by atoms with Crippen LogP contribution in [-0.4, -0.2) is 9.78 Å². The third-order valence-electron chi connectivity index (χ3n) is 2.86. The molecule has 0 bridgehead atoms. The van der Waals surface area contributed by atoms with Crippen molar-refractivity contribution >= 4 is 15.9 Å². The summed E-state index contributed by atoms with van der Waals surface area (Å²) in [4.78, 5) is 0. The molecular formula is C13H15BrFN3. The molecule has 0 spiro atoms. The Kier molecular flexibility index (Phi) is 4.14. The van der Waals surface area contributed by atoms with E-state index in [-0.39, 0.29) is 11.9 Å². The Hall–Kier alpha value is -1.20. The van der Waals surface area contributed by atoms with Crippen molar-refractivity contribution in [2.75, 3.05) is 0 Å². The fourth-order valence-electron chi connectivity index (χ4n) is 1.88. The van der Waals surface area contributed by atoms with Gasteiger partial charge in [0.15, 0.2) is 0 Å². The molecule has 0 saturated heterocycles. The maximum Gasteiger partial charge on any atom is 0.124 e. The van der Waals surface area contributed by atoms with Crippen LogP contribution >= 0.6 is 15.9 Å². The van der Waals surface area contributed by atoms with E-state index in [9.17, 15) is 4.39 Å². The van der Waals surface area contributed by atoms with Crippen LogP contribution < -0.4 is 5.73 Å². The predicted molar refractivity (Wildman–Crippen MR) is 72.6 cm³/mol. The van der Waals surface area contributed by atoms with Gasteiger partial charge in [-0.25, -0.2) is 4.39 Å². The number of hydrogen-bond acceptors (Lipinski definition) is 2. The van der Waals surface area contributed by atoms with Gasteiger partial charge in [0.1, 0.15) is 5.82 Å². The first-order valence-electron chi connectivity index (χ1n) is 5.74. The lowest BCUT2D eigenvalue weighted by Crippen LogP contribution is -2.12. The van der Waals surface area contributed by atoms with Crippen LogP contribution in [0.4, 0.5) is 4.39 Å². The molecule has 1 unspecified atom stereocenters. The zero-order valence-corrected chi connectivity index (χ0v) is 11.7. The topological polar surface area (TPSA) is 43.8 Å².